The van der Waals surface area contributed by atoms with Crippen LogP contribution in [0.4, 0.5) is 14.5 Å². The highest BCUT2D eigenvalue weighted by atomic mass is 19.2. The molecule has 3 heterocycles. The van der Waals surface area contributed by atoms with Crippen LogP contribution in [0.5, 0.6) is 11.5 Å². The molecule has 54 heavy (non-hydrogen) atoms. The van der Waals surface area contributed by atoms with Gasteiger partial charge in [0.25, 0.3) is 0 Å². The predicted molar refractivity (Wildman–Crippen MR) is 219 cm³/mol. The Hall–Kier alpha value is -4.95. The minimum absolute atomic E-state index is 0.0988. The summed E-state index contributed by atoms with van der Waals surface area (Å²) in [4.78, 5) is 9.11. The highest BCUT2D eigenvalue weighted by Crippen LogP contribution is 2.36. The summed E-state index contributed by atoms with van der Waals surface area (Å²) in [6.45, 7) is 17.5. The molecule has 1 saturated heterocycles. The molecule has 6 rings (SSSR count). The average Bonchev–Trinajstić information content (AvgIpc) is 3.19. The van der Waals surface area contributed by atoms with Crippen LogP contribution in [0.25, 0.3) is 17.2 Å². The number of aromatic hydroxyl groups is 2. The molecule has 286 valence electrons. The van der Waals surface area contributed by atoms with Crippen LogP contribution in [0.1, 0.15) is 92.8 Å². The van der Waals surface area contributed by atoms with E-state index in [4.69, 9.17) is 0 Å². The lowest BCUT2D eigenvalue weighted by Gasteiger charge is -2.40. The van der Waals surface area contributed by atoms with E-state index >= 15 is 0 Å². The van der Waals surface area contributed by atoms with Crippen molar-refractivity contribution < 1.29 is 19.0 Å². The molecule has 0 bridgehead atoms. The third-order valence-corrected chi connectivity index (χ3v) is 10.4. The number of anilines is 1. The Morgan fingerprint density at radius 3 is 2.41 bits per heavy atom. The van der Waals surface area contributed by atoms with Gasteiger partial charge in [-0.3, -0.25) is 9.88 Å². The van der Waals surface area contributed by atoms with Gasteiger partial charge in [-0.25, -0.2) is 8.78 Å². The summed E-state index contributed by atoms with van der Waals surface area (Å²) in [6.07, 6.45) is 17.8. The van der Waals surface area contributed by atoms with Gasteiger partial charge in [0.2, 0.25) is 0 Å². The third kappa shape index (κ3) is 9.58. The van der Waals surface area contributed by atoms with Gasteiger partial charge >= 0.3 is 0 Å². The minimum atomic E-state index is -0.875. The van der Waals surface area contributed by atoms with Crippen molar-refractivity contribution in [2.24, 2.45) is 0 Å². The fourth-order valence-corrected chi connectivity index (χ4v) is 7.71. The molecule has 4 aromatic rings. The number of likely N-dealkylation sites (tertiary alicyclic amines) is 1. The SMILES string of the molecule is C=Cc1cc(-c2cncc(CN(c3ccc(F)c(F)c3)C3CCN(CC4=CC(c5cc(C)c(CCC)c(CCC)c5)NC=C4)CC3)c2)cc(O)c1O.CC. The second-order valence-corrected chi connectivity index (χ2v) is 14.1. The molecule has 8 heteroatoms. The first kappa shape index (κ1) is 40.2. The number of nitrogens with zero attached hydrogens (tertiary/aromatic N) is 3. The van der Waals surface area contributed by atoms with E-state index in [9.17, 15) is 19.0 Å². The van der Waals surface area contributed by atoms with Crippen LogP contribution < -0.4 is 10.2 Å². The summed E-state index contributed by atoms with van der Waals surface area (Å²) in [5.41, 5.74) is 10.3. The molecule has 0 aliphatic carbocycles. The molecule has 1 unspecified atom stereocenters. The quantitative estimate of drug-likeness (QED) is 0.119. The molecular weight excluding hydrogens is 679 g/mol. The van der Waals surface area contributed by atoms with Crippen LogP contribution in [0.2, 0.25) is 0 Å². The Kier molecular flexibility index (Phi) is 14.1. The number of piperidine rings is 1. The van der Waals surface area contributed by atoms with Gasteiger partial charge in [0, 0.05) is 67.5 Å². The van der Waals surface area contributed by atoms with Crippen molar-refractivity contribution in [3.8, 4) is 22.6 Å². The van der Waals surface area contributed by atoms with Crippen LogP contribution in [0, 0.1) is 18.6 Å². The molecule has 0 saturated carbocycles. The maximum absolute atomic E-state index is 14.6. The molecule has 2 aliphatic rings. The maximum Gasteiger partial charge on any atom is 0.164 e. The Morgan fingerprint density at radius 2 is 1.70 bits per heavy atom. The number of hydrogen-bond acceptors (Lipinski definition) is 6. The zero-order chi connectivity index (χ0) is 38.8. The topological polar surface area (TPSA) is 71.9 Å². The monoisotopic (exact) mass is 734 g/mol. The number of nitrogens with one attached hydrogen (secondary N) is 1. The predicted octanol–water partition coefficient (Wildman–Crippen LogP) is 10.6. The van der Waals surface area contributed by atoms with Gasteiger partial charge in [-0.1, -0.05) is 71.4 Å². The van der Waals surface area contributed by atoms with Gasteiger partial charge in [0.05, 0.1) is 6.04 Å². The number of phenols is 2. The number of rotatable bonds is 13. The van der Waals surface area contributed by atoms with Crippen molar-refractivity contribution in [1.82, 2.24) is 15.2 Å². The van der Waals surface area contributed by atoms with Gasteiger partial charge < -0.3 is 20.4 Å². The number of dihydropyridines is 1. The molecular formula is C46H56F2N4O2. The highest BCUT2D eigenvalue weighted by Gasteiger charge is 2.27. The largest absolute Gasteiger partial charge is 0.504 e. The summed E-state index contributed by atoms with van der Waals surface area (Å²) in [7, 11) is 0. The number of aromatic nitrogens is 1. The number of pyridine rings is 1. The van der Waals surface area contributed by atoms with Crippen molar-refractivity contribution >= 4 is 11.8 Å². The summed E-state index contributed by atoms with van der Waals surface area (Å²) >= 11 is 0. The second kappa shape index (κ2) is 18.9. The van der Waals surface area contributed by atoms with E-state index in [0.29, 0.717) is 23.4 Å². The number of halogens is 2. The zero-order valence-electron chi connectivity index (χ0n) is 32.5. The van der Waals surface area contributed by atoms with Gasteiger partial charge in [-0.2, -0.15) is 0 Å². The van der Waals surface area contributed by atoms with Gasteiger partial charge in [0.15, 0.2) is 23.1 Å². The van der Waals surface area contributed by atoms with Crippen LogP contribution in [-0.4, -0.2) is 45.8 Å². The van der Waals surface area contributed by atoms with Crippen LogP contribution in [0.15, 0.2) is 91.4 Å². The van der Waals surface area contributed by atoms with Crippen molar-refractivity contribution in [3.63, 3.8) is 0 Å². The van der Waals surface area contributed by atoms with E-state index in [-0.39, 0.29) is 23.6 Å². The Morgan fingerprint density at radius 1 is 0.944 bits per heavy atom. The van der Waals surface area contributed by atoms with Crippen molar-refractivity contribution in [2.75, 3.05) is 24.5 Å². The molecule has 1 atom stereocenters. The van der Waals surface area contributed by atoms with Crippen LogP contribution in [-0.2, 0) is 19.4 Å². The first-order valence-corrected chi connectivity index (χ1v) is 19.5. The lowest BCUT2D eigenvalue weighted by Crippen LogP contribution is -2.45. The van der Waals surface area contributed by atoms with Crippen LogP contribution in [0.3, 0.4) is 0 Å². The highest BCUT2D eigenvalue weighted by molar-refractivity contribution is 5.73. The fourth-order valence-electron chi connectivity index (χ4n) is 7.71. The van der Waals surface area contributed by atoms with Crippen LogP contribution >= 0.6 is 0 Å². The molecule has 1 fully saturated rings. The molecule has 2 aliphatic heterocycles. The molecule has 0 spiro atoms. The number of aryl methyl sites for hydroxylation is 2. The third-order valence-electron chi connectivity index (χ3n) is 10.4. The molecule has 1 aromatic heterocycles. The smallest absolute Gasteiger partial charge is 0.164 e. The van der Waals surface area contributed by atoms with Gasteiger partial charge in [-0.05, 0) is 114 Å². The van der Waals surface area contributed by atoms with E-state index in [2.05, 4.69) is 77.9 Å². The Bertz CT molecular complexity index is 1960. The zero-order valence-corrected chi connectivity index (χ0v) is 32.5. The lowest BCUT2D eigenvalue weighted by molar-refractivity contribution is 0.224. The molecule has 6 nitrogen and oxygen atoms in total. The number of benzene rings is 3. The van der Waals surface area contributed by atoms with Crippen molar-refractivity contribution in [1.29, 1.82) is 0 Å². The van der Waals surface area contributed by atoms with E-state index in [1.54, 1.807) is 24.5 Å². The van der Waals surface area contributed by atoms with E-state index < -0.39 is 11.6 Å². The fraction of sp³-hybridized carbons (Fsp3) is 0.370. The van der Waals surface area contributed by atoms with Gasteiger partial charge in [-0.15, -0.1) is 0 Å². The number of hydrogen-bond donors (Lipinski definition) is 3. The Labute approximate surface area is 320 Å². The average molecular weight is 735 g/mol. The first-order chi connectivity index (χ1) is 26.2. The van der Waals surface area contributed by atoms with E-state index in [1.165, 1.54) is 52.1 Å². The minimum Gasteiger partial charge on any atom is -0.504 e. The summed E-state index contributed by atoms with van der Waals surface area (Å²) in [5.74, 6) is -2.21. The summed E-state index contributed by atoms with van der Waals surface area (Å²) < 4.78 is 28.7. The molecule has 0 radical (unpaired) electrons. The van der Waals surface area contributed by atoms with Crippen molar-refractivity contribution in [3.05, 3.63) is 136 Å². The molecule has 0 amide bonds. The summed E-state index contributed by atoms with van der Waals surface area (Å²) in [6, 6.07) is 14.3. The summed E-state index contributed by atoms with van der Waals surface area (Å²) in [5, 5.41) is 24.0. The molecule has 3 aromatic carbocycles. The van der Waals surface area contributed by atoms with E-state index in [1.807, 2.05) is 19.9 Å². The maximum atomic E-state index is 14.6. The van der Waals surface area contributed by atoms with E-state index in [0.717, 1.165) is 69.3 Å². The first-order valence-electron chi connectivity index (χ1n) is 19.5. The normalized spacial score (nSPS) is 15.9. The van der Waals surface area contributed by atoms with Gasteiger partial charge in [0.1, 0.15) is 0 Å². The lowest BCUT2D eigenvalue weighted by atomic mass is 9.89. The molecule has 3 N–H and O–H groups in total. The second-order valence-electron chi connectivity index (χ2n) is 14.1. The van der Waals surface area contributed by atoms with Crippen molar-refractivity contribution in [2.45, 2.75) is 91.8 Å². The Balaban J connectivity index is 0.00000276. The standard InChI is InChI=1S/C44H50F2N4O2.C2H6/c1-5-8-33-22-35(18-29(4)39(33)9-6-2)42-20-30(12-15-48-42)27-49-16-13-37(14-17-49)50(38-10-11-40(45)41(46)24-38)28-31-19-36(26-47-25-31)34-21-32(7-3)44(52)43(51)23-34;1-2/h7,10-12,15,18-26,37,42,48,51-52H,3,5-6,8-9,13-14,16-17,27-28H2,1-2,4H3;1-2H3. The number of phenolic OH excluding ortho intramolecular Hbond substituents is 2.